The second-order valence-corrected chi connectivity index (χ2v) is 4.55. The highest BCUT2D eigenvalue weighted by Crippen LogP contribution is 2.22. The van der Waals surface area contributed by atoms with Crippen molar-refractivity contribution in [2.24, 2.45) is 0 Å². The Bertz CT molecular complexity index is 628. The zero-order valence-corrected chi connectivity index (χ0v) is 12.0. The van der Waals surface area contributed by atoms with E-state index in [4.69, 9.17) is 9.15 Å². The molecule has 5 heteroatoms. The lowest BCUT2D eigenvalue weighted by Crippen LogP contribution is -2.26. The lowest BCUT2D eigenvalue weighted by atomic mass is 10.1. The summed E-state index contributed by atoms with van der Waals surface area (Å²) < 4.78 is 10.4. The van der Waals surface area contributed by atoms with Gasteiger partial charge in [0.05, 0.1) is 6.61 Å². The van der Waals surface area contributed by atoms with Crippen LogP contribution in [0.1, 0.15) is 27.8 Å². The first-order valence-corrected chi connectivity index (χ1v) is 6.60. The topological polar surface area (TPSA) is 68.5 Å². The van der Waals surface area contributed by atoms with Gasteiger partial charge in [-0.1, -0.05) is 24.3 Å². The summed E-state index contributed by atoms with van der Waals surface area (Å²) in [5, 5.41) is 2.69. The summed E-state index contributed by atoms with van der Waals surface area (Å²) in [4.78, 5) is 23.0. The van der Waals surface area contributed by atoms with Gasteiger partial charge in [-0.3, -0.25) is 9.59 Å². The average molecular weight is 287 g/mol. The number of hydrogen-bond donors (Lipinski definition) is 1. The largest absolute Gasteiger partial charge is 0.451 e. The van der Waals surface area contributed by atoms with E-state index < -0.39 is 0 Å². The Morgan fingerprint density at radius 3 is 2.48 bits per heavy atom. The van der Waals surface area contributed by atoms with Crippen LogP contribution in [0.5, 0.6) is 0 Å². The Hall–Kier alpha value is -2.40. The number of Topliss-reactive ketones (excluding diaryl/α,β-unsaturated/α-hetero) is 1. The van der Waals surface area contributed by atoms with Gasteiger partial charge in [-0.25, -0.2) is 0 Å². The average Bonchev–Trinajstić information content (AvgIpc) is 2.97. The first-order chi connectivity index (χ1) is 10.1. The van der Waals surface area contributed by atoms with Gasteiger partial charge in [0, 0.05) is 24.8 Å². The molecule has 0 aliphatic carbocycles. The molecule has 21 heavy (non-hydrogen) atoms. The van der Waals surface area contributed by atoms with Crippen molar-refractivity contribution in [3.63, 3.8) is 0 Å². The summed E-state index contributed by atoms with van der Waals surface area (Å²) in [6, 6.07) is 10.4. The zero-order valence-electron chi connectivity index (χ0n) is 12.0. The van der Waals surface area contributed by atoms with E-state index in [9.17, 15) is 9.59 Å². The molecule has 110 valence electrons. The molecule has 0 atom stereocenters. The molecular weight excluding hydrogens is 270 g/mol. The van der Waals surface area contributed by atoms with Crippen molar-refractivity contribution in [2.45, 2.75) is 6.92 Å². The van der Waals surface area contributed by atoms with Crippen LogP contribution in [0.4, 0.5) is 0 Å². The van der Waals surface area contributed by atoms with Crippen LogP contribution in [0.3, 0.4) is 0 Å². The lowest BCUT2D eigenvalue weighted by Gasteiger charge is -2.02. The van der Waals surface area contributed by atoms with E-state index in [1.807, 2.05) is 0 Å². The molecule has 0 bridgehead atoms. The summed E-state index contributed by atoms with van der Waals surface area (Å²) >= 11 is 0. The third kappa shape index (κ3) is 3.79. The van der Waals surface area contributed by atoms with Crippen molar-refractivity contribution in [1.29, 1.82) is 0 Å². The second kappa shape index (κ2) is 6.85. The van der Waals surface area contributed by atoms with Crippen LogP contribution in [-0.2, 0) is 4.74 Å². The predicted molar refractivity (Wildman–Crippen MR) is 78.4 cm³/mol. The number of carbonyl (C=O) groups excluding carboxylic acids is 2. The molecule has 0 saturated carbocycles. The summed E-state index contributed by atoms with van der Waals surface area (Å²) in [6.45, 7) is 2.40. The molecule has 0 spiro atoms. The Kier molecular flexibility index (Phi) is 4.90. The number of rotatable bonds is 6. The van der Waals surface area contributed by atoms with Gasteiger partial charge in [0.25, 0.3) is 5.91 Å². The number of benzene rings is 1. The number of carbonyl (C=O) groups is 2. The van der Waals surface area contributed by atoms with E-state index in [1.165, 1.54) is 6.92 Å². The van der Waals surface area contributed by atoms with Crippen LogP contribution >= 0.6 is 0 Å². The number of hydrogen-bond acceptors (Lipinski definition) is 4. The van der Waals surface area contributed by atoms with Gasteiger partial charge in [-0.05, 0) is 19.1 Å². The third-order valence-electron chi connectivity index (χ3n) is 3.00. The first kappa shape index (κ1) is 15.0. The van der Waals surface area contributed by atoms with Crippen LogP contribution in [0, 0.1) is 0 Å². The predicted octanol–water partition coefficient (Wildman–Crippen LogP) is 2.53. The molecule has 1 N–H and O–H groups in total. The third-order valence-corrected chi connectivity index (χ3v) is 3.00. The fourth-order valence-corrected chi connectivity index (χ4v) is 1.84. The van der Waals surface area contributed by atoms with Crippen molar-refractivity contribution < 1.29 is 18.7 Å². The van der Waals surface area contributed by atoms with Crippen molar-refractivity contribution in [1.82, 2.24) is 5.32 Å². The van der Waals surface area contributed by atoms with Crippen molar-refractivity contribution >= 4 is 11.7 Å². The van der Waals surface area contributed by atoms with E-state index in [0.29, 0.717) is 24.5 Å². The minimum absolute atomic E-state index is 0.0132. The molecule has 2 aromatic rings. The van der Waals surface area contributed by atoms with Crippen LogP contribution in [0.15, 0.2) is 40.8 Å². The van der Waals surface area contributed by atoms with Gasteiger partial charge < -0.3 is 14.5 Å². The Labute approximate surface area is 122 Å². The highest BCUT2D eigenvalue weighted by molar-refractivity contribution is 5.94. The van der Waals surface area contributed by atoms with Gasteiger partial charge in [-0.2, -0.15) is 0 Å². The molecule has 0 saturated heterocycles. The number of ether oxygens (including phenoxy) is 1. The molecule has 2 rings (SSSR count). The van der Waals surface area contributed by atoms with Gasteiger partial charge in [0.1, 0.15) is 5.76 Å². The number of ketones is 1. The summed E-state index contributed by atoms with van der Waals surface area (Å²) in [5.41, 5.74) is 1.46. The highest BCUT2D eigenvalue weighted by atomic mass is 16.5. The molecule has 0 fully saturated rings. The monoisotopic (exact) mass is 287 g/mol. The van der Waals surface area contributed by atoms with Gasteiger partial charge >= 0.3 is 0 Å². The van der Waals surface area contributed by atoms with Crippen LogP contribution in [-0.4, -0.2) is 32.0 Å². The highest BCUT2D eigenvalue weighted by Gasteiger charge is 2.11. The lowest BCUT2D eigenvalue weighted by molar-refractivity contribution is 0.0910. The number of amides is 1. The molecule has 0 aliphatic heterocycles. The van der Waals surface area contributed by atoms with Gasteiger partial charge in [-0.15, -0.1) is 0 Å². The SMILES string of the molecule is COCCNC(=O)c1ccc(-c2ccc(C(C)=O)cc2)o1. The smallest absolute Gasteiger partial charge is 0.287 e. The fourth-order valence-electron chi connectivity index (χ4n) is 1.84. The molecule has 1 aromatic heterocycles. The molecule has 1 heterocycles. The second-order valence-electron chi connectivity index (χ2n) is 4.55. The number of nitrogens with one attached hydrogen (secondary N) is 1. The molecular formula is C16H17NO4. The van der Waals surface area contributed by atoms with Crippen molar-refractivity contribution in [2.75, 3.05) is 20.3 Å². The summed E-state index contributed by atoms with van der Waals surface area (Å²) in [6.07, 6.45) is 0. The maximum atomic E-state index is 11.8. The van der Waals surface area contributed by atoms with E-state index in [1.54, 1.807) is 43.5 Å². The maximum Gasteiger partial charge on any atom is 0.287 e. The van der Waals surface area contributed by atoms with Crippen LogP contribution in [0.25, 0.3) is 11.3 Å². The molecule has 5 nitrogen and oxygen atoms in total. The zero-order chi connectivity index (χ0) is 15.2. The number of furan rings is 1. The Morgan fingerprint density at radius 2 is 1.86 bits per heavy atom. The van der Waals surface area contributed by atoms with E-state index >= 15 is 0 Å². The van der Waals surface area contributed by atoms with Crippen LogP contribution < -0.4 is 5.32 Å². The van der Waals surface area contributed by atoms with Gasteiger partial charge in [0.15, 0.2) is 11.5 Å². The summed E-state index contributed by atoms with van der Waals surface area (Å²) in [5.74, 6) is 0.566. The normalized spacial score (nSPS) is 10.4. The Morgan fingerprint density at radius 1 is 1.14 bits per heavy atom. The van der Waals surface area contributed by atoms with Gasteiger partial charge in [0.2, 0.25) is 0 Å². The fraction of sp³-hybridized carbons (Fsp3) is 0.250. The van der Waals surface area contributed by atoms with E-state index in [0.717, 1.165) is 5.56 Å². The van der Waals surface area contributed by atoms with E-state index in [2.05, 4.69) is 5.32 Å². The summed E-state index contributed by atoms with van der Waals surface area (Å²) in [7, 11) is 1.57. The quantitative estimate of drug-likeness (QED) is 0.655. The minimum atomic E-state index is -0.279. The molecule has 0 unspecified atom stereocenters. The van der Waals surface area contributed by atoms with Crippen molar-refractivity contribution in [3.05, 3.63) is 47.7 Å². The number of methoxy groups -OCH3 is 1. The molecule has 0 aliphatic rings. The van der Waals surface area contributed by atoms with E-state index in [-0.39, 0.29) is 17.5 Å². The standard InChI is InChI=1S/C16H17NO4/c1-11(18)12-3-5-13(6-4-12)14-7-8-15(21-14)16(19)17-9-10-20-2/h3-8H,9-10H2,1-2H3,(H,17,19). The Balaban J connectivity index is 2.08. The van der Waals surface area contributed by atoms with Crippen molar-refractivity contribution in [3.8, 4) is 11.3 Å². The molecule has 1 aromatic carbocycles. The maximum absolute atomic E-state index is 11.8. The minimum Gasteiger partial charge on any atom is -0.451 e. The first-order valence-electron chi connectivity index (χ1n) is 6.60. The molecule has 1 amide bonds. The van der Waals surface area contributed by atoms with Crippen LogP contribution in [0.2, 0.25) is 0 Å². The molecule has 0 radical (unpaired) electrons.